The summed E-state index contributed by atoms with van der Waals surface area (Å²) in [6, 6.07) is 0. The van der Waals surface area contributed by atoms with Gasteiger partial charge >= 0.3 is 27.6 Å². The van der Waals surface area contributed by atoms with Crippen molar-refractivity contribution < 1.29 is 82.0 Å². The number of carbonyl (C=O) groups is 2. The molecular formula is C53H88O17P2. The molecule has 0 aromatic rings. The van der Waals surface area contributed by atoms with Crippen LogP contribution in [0.3, 0.4) is 0 Å². The highest BCUT2D eigenvalue weighted by atomic mass is 31.2. The molecule has 0 aromatic heterocycles. The van der Waals surface area contributed by atoms with Crippen LogP contribution in [0, 0.1) is 0 Å². The van der Waals surface area contributed by atoms with Gasteiger partial charge in [-0.3, -0.25) is 23.2 Å². The lowest BCUT2D eigenvalue weighted by atomic mass is 9.85. The number of phosphoric acid groups is 2. The van der Waals surface area contributed by atoms with Crippen LogP contribution in [0.5, 0.6) is 0 Å². The molecule has 0 heterocycles. The van der Waals surface area contributed by atoms with Crippen LogP contribution in [-0.4, -0.2) is 114 Å². The molecule has 0 bridgehead atoms. The van der Waals surface area contributed by atoms with E-state index in [1.165, 1.54) is 44.6 Å². The quantitative estimate of drug-likeness (QED) is 0.00928. The summed E-state index contributed by atoms with van der Waals surface area (Å²) in [5.74, 6) is -1.50. The Morgan fingerprint density at radius 2 is 1.01 bits per heavy atom. The topological polar surface area (TPSA) is 276 Å². The van der Waals surface area contributed by atoms with Crippen LogP contribution in [0.4, 0.5) is 0 Å². The van der Waals surface area contributed by atoms with Gasteiger partial charge in [0.05, 0.1) is 12.7 Å². The van der Waals surface area contributed by atoms with Crippen LogP contribution in [-0.2, 0) is 41.8 Å². The molecule has 1 saturated carbocycles. The van der Waals surface area contributed by atoms with Crippen LogP contribution in [0.15, 0.2) is 97.2 Å². The Balaban J connectivity index is 2.64. The first-order valence-electron chi connectivity index (χ1n) is 25.9. The van der Waals surface area contributed by atoms with E-state index in [1.54, 1.807) is 12.2 Å². The molecule has 0 amide bonds. The second kappa shape index (κ2) is 42.1. The van der Waals surface area contributed by atoms with Crippen molar-refractivity contribution in [3.63, 3.8) is 0 Å². The predicted octanol–water partition coefficient (Wildman–Crippen LogP) is 9.70. The molecule has 412 valence electrons. The number of allylic oxidation sites excluding steroid dienone is 15. The standard InChI is InChI=1S/C53H88O17P2/c1-3-5-7-9-11-13-15-17-19-21-22-23-25-27-29-31-33-35-37-39-47(56)68-45(43-67-72(64,65)70-53-50(59)48(57)49(58)52(51(53)60)69-71(61,62)63)42-66-46(55)41-40-44(54)38-36-34-32-30-28-26-24-20-18-16-14-12-10-8-6-4-2/h6,8,11-14,17-20,26,28,32,34,36,38,44-45,48-54,57-60H,3-5,7,9-10,15-16,21-25,27,29-31,33,35,37,39-43H2,1-2H3,(H,64,65)(H2,61,62,63)/b8-6-,13-11-,14-12-,19-17-,20-18-,28-26-,34-32-,38-36-/t44?,45-,48?,49?,50?,51?,52-,53+/m1/s1. The van der Waals surface area contributed by atoms with Crippen molar-refractivity contribution in [1.82, 2.24) is 0 Å². The normalized spacial score (nSPS) is 22.0. The molecular weight excluding hydrogens is 971 g/mol. The zero-order valence-electron chi connectivity index (χ0n) is 42.7. The minimum Gasteiger partial charge on any atom is -0.462 e. The molecule has 1 rings (SSSR count). The highest BCUT2D eigenvalue weighted by molar-refractivity contribution is 7.47. The summed E-state index contributed by atoms with van der Waals surface area (Å²) < 4.78 is 49.3. The number of ether oxygens (including phenoxy) is 2. The van der Waals surface area contributed by atoms with Gasteiger partial charge in [-0.15, -0.1) is 0 Å². The number of hydrogen-bond acceptors (Lipinski definition) is 14. The zero-order chi connectivity index (χ0) is 53.3. The fourth-order valence-electron chi connectivity index (χ4n) is 7.22. The Morgan fingerprint density at radius 1 is 0.528 bits per heavy atom. The van der Waals surface area contributed by atoms with Crippen LogP contribution in [0.1, 0.15) is 162 Å². The highest BCUT2D eigenvalue weighted by Crippen LogP contribution is 2.49. The predicted molar refractivity (Wildman–Crippen MR) is 279 cm³/mol. The molecule has 17 nitrogen and oxygen atoms in total. The van der Waals surface area contributed by atoms with Gasteiger partial charge in [0.15, 0.2) is 6.10 Å². The Labute approximate surface area is 429 Å². The number of unbranched alkanes of at least 4 members (excludes halogenated alkanes) is 12. The Bertz CT molecular complexity index is 1770. The van der Waals surface area contributed by atoms with E-state index in [0.29, 0.717) is 12.8 Å². The molecule has 0 aliphatic heterocycles. The van der Waals surface area contributed by atoms with Gasteiger partial charge in [-0.1, -0.05) is 169 Å². The maximum Gasteiger partial charge on any atom is 0.472 e. The molecule has 6 unspecified atom stereocenters. The third kappa shape index (κ3) is 35.9. The molecule has 0 saturated heterocycles. The van der Waals surface area contributed by atoms with Crippen molar-refractivity contribution in [2.24, 2.45) is 0 Å². The number of carbonyl (C=O) groups excluding carboxylic acids is 2. The summed E-state index contributed by atoms with van der Waals surface area (Å²) in [7, 11) is -10.8. The van der Waals surface area contributed by atoms with Crippen molar-refractivity contribution >= 4 is 27.6 Å². The lowest BCUT2D eigenvalue weighted by Crippen LogP contribution is -2.64. The molecule has 1 fully saturated rings. The Morgan fingerprint density at radius 3 is 1.56 bits per heavy atom. The number of hydrogen-bond donors (Lipinski definition) is 8. The highest BCUT2D eigenvalue weighted by Gasteiger charge is 2.54. The molecule has 0 aromatic carbocycles. The lowest BCUT2D eigenvalue weighted by molar-refractivity contribution is -0.216. The molecule has 1 aliphatic carbocycles. The number of esters is 2. The van der Waals surface area contributed by atoms with E-state index >= 15 is 0 Å². The fraction of sp³-hybridized carbons (Fsp3) is 0.660. The fourth-order valence-corrected chi connectivity index (χ4v) is 8.76. The Kier molecular flexibility index (Phi) is 39.2. The van der Waals surface area contributed by atoms with E-state index < -0.39 is 89.6 Å². The van der Waals surface area contributed by atoms with E-state index in [1.807, 2.05) is 12.2 Å². The maximum absolute atomic E-state index is 13.0. The average Bonchev–Trinajstić information content (AvgIpc) is 3.34. The SMILES string of the molecule is CC/C=C\C/C=C\C/C=C\C/C=C\C/C=C\C=C/C(O)CCC(=O)OC[C@H](COP(=O)(O)O[C@H]1C(O)C(O)C(O)[C@@H](OP(=O)(O)O)C1O)OC(=O)CCCCCCCCCCC/C=C\C/C=C\CCCCC. The van der Waals surface area contributed by atoms with Gasteiger partial charge in [-0.2, -0.15) is 0 Å². The van der Waals surface area contributed by atoms with E-state index in [2.05, 4.69) is 85.2 Å². The summed E-state index contributed by atoms with van der Waals surface area (Å²) in [5.41, 5.74) is 0. The first kappa shape index (κ1) is 66.9. The van der Waals surface area contributed by atoms with Crippen molar-refractivity contribution in [3.05, 3.63) is 97.2 Å². The first-order valence-corrected chi connectivity index (χ1v) is 28.9. The zero-order valence-corrected chi connectivity index (χ0v) is 44.5. The molecule has 8 N–H and O–H groups in total. The van der Waals surface area contributed by atoms with E-state index in [9.17, 15) is 58.9 Å². The summed E-state index contributed by atoms with van der Waals surface area (Å²) in [4.78, 5) is 54.5. The summed E-state index contributed by atoms with van der Waals surface area (Å²) in [6.45, 7) is 2.77. The van der Waals surface area contributed by atoms with E-state index in [-0.39, 0.29) is 19.3 Å². The lowest BCUT2D eigenvalue weighted by Gasteiger charge is -2.43. The van der Waals surface area contributed by atoms with Crippen LogP contribution < -0.4 is 0 Å². The Hall–Kier alpha value is -3.12. The molecule has 72 heavy (non-hydrogen) atoms. The molecule has 1 aliphatic rings. The summed E-state index contributed by atoms with van der Waals surface area (Å²) >= 11 is 0. The summed E-state index contributed by atoms with van der Waals surface area (Å²) in [6.07, 6.45) is 36.6. The molecule has 0 spiro atoms. The van der Waals surface area contributed by atoms with Gasteiger partial charge in [0.1, 0.15) is 43.2 Å². The second-order valence-corrected chi connectivity index (χ2v) is 20.3. The van der Waals surface area contributed by atoms with Gasteiger partial charge in [0, 0.05) is 12.8 Å². The molecule has 9 atom stereocenters. The van der Waals surface area contributed by atoms with Crippen LogP contribution in [0.2, 0.25) is 0 Å². The van der Waals surface area contributed by atoms with Gasteiger partial charge in [0.25, 0.3) is 0 Å². The third-order valence-electron chi connectivity index (χ3n) is 11.3. The van der Waals surface area contributed by atoms with Crippen LogP contribution in [0.25, 0.3) is 0 Å². The van der Waals surface area contributed by atoms with Crippen LogP contribution >= 0.6 is 15.6 Å². The van der Waals surface area contributed by atoms with E-state index in [0.717, 1.165) is 77.0 Å². The van der Waals surface area contributed by atoms with Gasteiger partial charge < -0.3 is 49.7 Å². The number of aliphatic hydroxyl groups excluding tert-OH is 5. The first-order chi connectivity index (χ1) is 34.5. The number of aliphatic hydroxyl groups is 5. The van der Waals surface area contributed by atoms with E-state index in [4.69, 9.17) is 18.5 Å². The van der Waals surface area contributed by atoms with Gasteiger partial charge in [-0.05, 0) is 77.0 Å². The van der Waals surface area contributed by atoms with Gasteiger partial charge in [0.2, 0.25) is 0 Å². The van der Waals surface area contributed by atoms with Crippen molar-refractivity contribution in [2.45, 2.75) is 210 Å². The minimum absolute atomic E-state index is 0.00480. The third-order valence-corrected chi connectivity index (χ3v) is 12.8. The van der Waals surface area contributed by atoms with Crippen molar-refractivity contribution in [3.8, 4) is 0 Å². The van der Waals surface area contributed by atoms with Crippen molar-refractivity contribution in [2.75, 3.05) is 13.2 Å². The molecule has 19 heteroatoms. The second-order valence-electron chi connectivity index (χ2n) is 17.7. The van der Waals surface area contributed by atoms with Gasteiger partial charge in [-0.25, -0.2) is 9.13 Å². The average molecular weight is 1060 g/mol. The smallest absolute Gasteiger partial charge is 0.462 e. The maximum atomic E-state index is 13.0. The number of rotatable bonds is 42. The number of phosphoric ester groups is 2. The van der Waals surface area contributed by atoms with Crippen molar-refractivity contribution in [1.29, 1.82) is 0 Å². The monoisotopic (exact) mass is 1060 g/mol. The molecule has 0 radical (unpaired) electrons. The largest absolute Gasteiger partial charge is 0.472 e. The summed E-state index contributed by atoms with van der Waals surface area (Å²) in [5, 5.41) is 51.7. The minimum atomic E-state index is -5.40.